The van der Waals surface area contributed by atoms with Crippen molar-refractivity contribution in [2.24, 2.45) is 5.73 Å². The number of hydrogen-bond donors (Lipinski definition) is 2. The molecule has 2 heterocycles. The fourth-order valence-electron chi connectivity index (χ4n) is 1.12. The summed E-state index contributed by atoms with van der Waals surface area (Å²) in [6, 6.07) is 3.60. The predicted octanol–water partition coefficient (Wildman–Crippen LogP) is 0.886. The molecular weight excluding hydrogens is 276 g/mol. The van der Waals surface area contributed by atoms with Crippen molar-refractivity contribution >= 4 is 15.9 Å². The second-order valence-electron chi connectivity index (χ2n) is 3.04. The molecule has 2 rings (SSSR count). The van der Waals surface area contributed by atoms with Gasteiger partial charge < -0.3 is 15.4 Å². The summed E-state index contributed by atoms with van der Waals surface area (Å²) >= 11 is 3.32. The zero-order chi connectivity index (χ0) is 11.5. The molecule has 0 fully saturated rings. The Kier molecular flexibility index (Phi) is 3.28. The van der Waals surface area contributed by atoms with Gasteiger partial charge in [-0.3, -0.25) is 4.98 Å². The van der Waals surface area contributed by atoms with Crippen molar-refractivity contribution in [2.75, 3.05) is 6.54 Å². The lowest BCUT2D eigenvalue weighted by Gasteiger charge is -1.98. The van der Waals surface area contributed by atoms with E-state index in [0.29, 0.717) is 11.5 Å². The molecule has 0 radical (unpaired) electrons. The van der Waals surface area contributed by atoms with Crippen molar-refractivity contribution < 1.29 is 9.63 Å². The predicted molar refractivity (Wildman–Crippen MR) is 59.2 cm³/mol. The molecule has 0 amide bonds. The van der Waals surface area contributed by atoms with Crippen LogP contribution in [0.15, 0.2) is 27.3 Å². The summed E-state index contributed by atoms with van der Waals surface area (Å²) in [4.78, 5) is 8.11. The second-order valence-corrected chi connectivity index (χ2v) is 3.90. The summed E-state index contributed by atoms with van der Waals surface area (Å²) in [6.45, 7) is 0.0328. The first-order chi connectivity index (χ1) is 7.72. The van der Waals surface area contributed by atoms with Crippen molar-refractivity contribution in [3.63, 3.8) is 0 Å². The summed E-state index contributed by atoms with van der Waals surface area (Å²) in [5.74, 6) is 0.407. The standard InChI is InChI=1S/C9H9BrN4O2/c10-5-2-1-3-12-7(5)8-13-9(16-14-8)6(15)4-11/h1-3,6,15H,4,11H2. The Hall–Kier alpha value is -1.31. The smallest absolute Gasteiger partial charge is 0.257 e. The van der Waals surface area contributed by atoms with Gasteiger partial charge in [0.25, 0.3) is 5.89 Å². The lowest BCUT2D eigenvalue weighted by atomic mass is 10.3. The first-order valence-corrected chi connectivity index (χ1v) is 5.34. The van der Waals surface area contributed by atoms with Gasteiger partial charge in [-0.05, 0) is 28.1 Å². The highest BCUT2D eigenvalue weighted by molar-refractivity contribution is 9.10. The molecule has 0 aliphatic rings. The molecule has 2 aromatic heterocycles. The van der Waals surface area contributed by atoms with E-state index >= 15 is 0 Å². The maximum absolute atomic E-state index is 9.41. The molecule has 1 atom stereocenters. The van der Waals surface area contributed by atoms with Gasteiger partial charge in [0.05, 0.1) is 0 Å². The minimum absolute atomic E-state index is 0.0328. The SMILES string of the molecule is NCC(O)c1nc(-c2ncccc2Br)no1. The molecule has 0 spiro atoms. The van der Waals surface area contributed by atoms with Crippen LogP contribution < -0.4 is 5.73 Å². The molecule has 1 unspecified atom stereocenters. The number of rotatable bonds is 3. The molecule has 2 aromatic rings. The summed E-state index contributed by atoms with van der Waals surface area (Å²) in [5, 5.41) is 13.1. The number of halogens is 1. The molecule has 0 saturated heterocycles. The molecule has 7 heteroatoms. The van der Waals surface area contributed by atoms with Crippen molar-refractivity contribution in [1.82, 2.24) is 15.1 Å². The van der Waals surface area contributed by atoms with Crippen LogP contribution in [0.1, 0.15) is 12.0 Å². The van der Waals surface area contributed by atoms with E-state index in [4.69, 9.17) is 10.3 Å². The molecule has 0 aliphatic heterocycles. The second kappa shape index (κ2) is 4.69. The molecule has 3 N–H and O–H groups in total. The Morgan fingerprint density at radius 1 is 1.56 bits per heavy atom. The minimum Gasteiger partial charge on any atom is -0.382 e. The molecule has 0 aliphatic carbocycles. The van der Waals surface area contributed by atoms with Gasteiger partial charge in [-0.2, -0.15) is 4.98 Å². The Balaban J connectivity index is 2.35. The fraction of sp³-hybridized carbons (Fsp3) is 0.222. The Morgan fingerprint density at radius 2 is 2.38 bits per heavy atom. The molecule has 6 nitrogen and oxygen atoms in total. The molecule has 0 bridgehead atoms. The largest absolute Gasteiger partial charge is 0.382 e. The number of nitrogens with two attached hydrogens (primary N) is 1. The third kappa shape index (κ3) is 2.11. The number of pyridine rings is 1. The third-order valence-corrected chi connectivity index (χ3v) is 2.56. The van der Waals surface area contributed by atoms with Gasteiger partial charge in [-0.15, -0.1) is 0 Å². The average Bonchev–Trinajstić information content (AvgIpc) is 2.78. The van der Waals surface area contributed by atoms with E-state index in [9.17, 15) is 5.11 Å². The maximum Gasteiger partial charge on any atom is 0.257 e. The molecule has 0 saturated carbocycles. The van der Waals surface area contributed by atoms with E-state index in [0.717, 1.165) is 4.47 Å². The van der Waals surface area contributed by atoms with Crippen molar-refractivity contribution in [3.8, 4) is 11.5 Å². The maximum atomic E-state index is 9.41. The zero-order valence-corrected chi connectivity index (χ0v) is 9.75. The first-order valence-electron chi connectivity index (χ1n) is 4.55. The number of aliphatic hydroxyl groups is 1. The van der Waals surface area contributed by atoms with Crippen LogP contribution in [0.3, 0.4) is 0 Å². The molecule has 84 valence electrons. The van der Waals surface area contributed by atoms with E-state index in [1.165, 1.54) is 0 Å². The number of nitrogens with zero attached hydrogens (tertiary/aromatic N) is 3. The molecule has 0 aromatic carbocycles. The summed E-state index contributed by atoms with van der Waals surface area (Å²) < 4.78 is 5.63. The van der Waals surface area contributed by atoms with Gasteiger partial charge in [0.15, 0.2) is 0 Å². The zero-order valence-electron chi connectivity index (χ0n) is 8.17. The van der Waals surface area contributed by atoms with E-state index < -0.39 is 6.10 Å². The highest BCUT2D eigenvalue weighted by Gasteiger charge is 2.17. The van der Waals surface area contributed by atoms with Crippen LogP contribution in [0.2, 0.25) is 0 Å². The van der Waals surface area contributed by atoms with Gasteiger partial charge in [-0.1, -0.05) is 5.16 Å². The molecule has 16 heavy (non-hydrogen) atoms. The van der Waals surface area contributed by atoms with Gasteiger partial charge in [0.2, 0.25) is 5.82 Å². The Labute approximate surface area is 99.6 Å². The van der Waals surface area contributed by atoms with Crippen molar-refractivity contribution in [1.29, 1.82) is 0 Å². The average molecular weight is 285 g/mol. The van der Waals surface area contributed by atoms with Gasteiger partial charge >= 0.3 is 0 Å². The Morgan fingerprint density at radius 3 is 3.06 bits per heavy atom. The summed E-state index contributed by atoms with van der Waals surface area (Å²) in [7, 11) is 0. The number of aliphatic hydroxyl groups excluding tert-OH is 1. The van der Waals surface area contributed by atoms with E-state index in [1.54, 1.807) is 12.3 Å². The van der Waals surface area contributed by atoms with Crippen molar-refractivity contribution in [2.45, 2.75) is 6.10 Å². The highest BCUT2D eigenvalue weighted by Crippen LogP contribution is 2.23. The fourth-order valence-corrected chi connectivity index (χ4v) is 1.55. The van der Waals surface area contributed by atoms with E-state index in [2.05, 4.69) is 31.1 Å². The lowest BCUT2D eigenvalue weighted by Crippen LogP contribution is -2.11. The minimum atomic E-state index is -0.941. The van der Waals surface area contributed by atoms with E-state index in [1.807, 2.05) is 6.07 Å². The van der Waals surface area contributed by atoms with Gasteiger partial charge in [-0.25, -0.2) is 0 Å². The number of hydrogen-bond acceptors (Lipinski definition) is 6. The topological polar surface area (TPSA) is 98.1 Å². The monoisotopic (exact) mass is 284 g/mol. The van der Waals surface area contributed by atoms with E-state index in [-0.39, 0.29) is 12.4 Å². The van der Waals surface area contributed by atoms with Crippen LogP contribution in [-0.2, 0) is 0 Å². The van der Waals surface area contributed by atoms with Crippen LogP contribution >= 0.6 is 15.9 Å². The highest BCUT2D eigenvalue weighted by atomic mass is 79.9. The van der Waals surface area contributed by atoms with Crippen LogP contribution in [-0.4, -0.2) is 26.8 Å². The summed E-state index contributed by atoms with van der Waals surface area (Å²) in [5.41, 5.74) is 5.84. The number of aromatic nitrogens is 3. The summed E-state index contributed by atoms with van der Waals surface area (Å²) in [6.07, 6.45) is 0.680. The first kappa shape index (κ1) is 11.2. The third-order valence-electron chi connectivity index (χ3n) is 1.92. The van der Waals surface area contributed by atoms with Crippen LogP contribution in [0.4, 0.5) is 0 Å². The van der Waals surface area contributed by atoms with Crippen LogP contribution in [0.5, 0.6) is 0 Å². The normalized spacial score (nSPS) is 12.7. The van der Waals surface area contributed by atoms with Crippen molar-refractivity contribution in [3.05, 3.63) is 28.7 Å². The Bertz CT molecular complexity index is 488. The molecular formula is C9H9BrN4O2. The quantitative estimate of drug-likeness (QED) is 0.869. The van der Waals surface area contributed by atoms with Crippen LogP contribution in [0, 0.1) is 0 Å². The van der Waals surface area contributed by atoms with Gasteiger partial charge in [0.1, 0.15) is 11.8 Å². The lowest BCUT2D eigenvalue weighted by molar-refractivity contribution is 0.141. The van der Waals surface area contributed by atoms with Gasteiger partial charge in [0, 0.05) is 17.2 Å². The van der Waals surface area contributed by atoms with Crippen LogP contribution in [0.25, 0.3) is 11.5 Å².